The molecule has 1 atom stereocenters. The van der Waals surface area contributed by atoms with Crippen LogP contribution in [-0.2, 0) is 10.8 Å². The van der Waals surface area contributed by atoms with Gasteiger partial charge in [-0.3, -0.25) is 19.1 Å². The van der Waals surface area contributed by atoms with E-state index in [-0.39, 0.29) is 17.2 Å². The molecule has 0 spiro atoms. The van der Waals surface area contributed by atoms with E-state index in [1.165, 1.54) is 35.6 Å². The predicted molar refractivity (Wildman–Crippen MR) is 73.0 cm³/mol. The Morgan fingerprint density at radius 1 is 1.26 bits per heavy atom. The summed E-state index contributed by atoms with van der Waals surface area (Å²) in [5, 5.41) is 12.3. The number of nitro benzene ring substituents is 1. The summed E-state index contributed by atoms with van der Waals surface area (Å²) in [6.45, 7) is 0. The number of nitrogens with zero attached hydrogens (tertiary/aromatic N) is 1. The molecule has 0 aliphatic carbocycles. The largest absolute Gasteiger partial charge is 0.292 e. The minimum Gasteiger partial charge on any atom is -0.292 e. The number of hydrogen-bond donors (Lipinski definition) is 0. The fourth-order valence-corrected chi connectivity index (χ4v) is 3.19. The fourth-order valence-electron chi connectivity index (χ4n) is 1.43. The molecule has 1 aromatic heterocycles. The summed E-state index contributed by atoms with van der Waals surface area (Å²) in [6.07, 6.45) is 0. The van der Waals surface area contributed by atoms with E-state index in [4.69, 9.17) is 0 Å². The van der Waals surface area contributed by atoms with Crippen molar-refractivity contribution in [2.24, 2.45) is 0 Å². The van der Waals surface area contributed by atoms with Crippen molar-refractivity contribution in [1.82, 2.24) is 0 Å². The van der Waals surface area contributed by atoms with E-state index in [2.05, 4.69) is 0 Å². The zero-order valence-electron chi connectivity index (χ0n) is 9.65. The average molecular weight is 295 g/mol. The lowest BCUT2D eigenvalue weighted by Crippen LogP contribution is -2.09. The van der Waals surface area contributed by atoms with E-state index in [0.29, 0.717) is 9.77 Å². The van der Waals surface area contributed by atoms with Gasteiger partial charge in [0.2, 0.25) is 0 Å². The van der Waals surface area contributed by atoms with E-state index in [0.717, 1.165) is 0 Å². The molecule has 0 saturated heterocycles. The van der Waals surface area contributed by atoms with Crippen molar-refractivity contribution in [2.45, 2.75) is 4.90 Å². The summed E-state index contributed by atoms with van der Waals surface area (Å²) in [5.41, 5.74) is -0.0645. The number of benzene rings is 1. The topological polar surface area (TPSA) is 77.3 Å². The van der Waals surface area contributed by atoms with Crippen LogP contribution in [0.4, 0.5) is 5.69 Å². The third kappa shape index (κ3) is 3.33. The van der Waals surface area contributed by atoms with Crippen LogP contribution in [-0.4, -0.2) is 20.7 Å². The highest BCUT2D eigenvalue weighted by Gasteiger charge is 2.14. The first-order chi connectivity index (χ1) is 9.08. The van der Waals surface area contributed by atoms with Crippen molar-refractivity contribution in [1.29, 1.82) is 0 Å². The Morgan fingerprint density at radius 2 is 1.95 bits per heavy atom. The Balaban J connectivity index is 2.08. The van der Waals surface area contributed by atoms with Crippen molar-refractivity contribution in [2.75, 3.05) is 5.75 Å². The number of non-ortho nitro benzene ring substituents is 1. The lowest BCUT2D eigenvalue weighted by atomic mass is 10.3. The van der Waals surface area contributed by atoms with Gasteiger partial charge in [-0.05, 0) is 23.6 Å². The van der Waals surface area contributed by atoms with E-state index in [9.17, 15) is 19.1 Å². The molecule has 0 amide bonds. The highest BCUT2D eigenvalue weighted by molar-refractivity contribution is 7.85. The monoisotopic (exact) mass is 295 g/mol. The number of hydrogen-bond acceptors (Lipinski definition) is 5. The van der Waals surface area contributed by atoms with Crippen molar-refractivity contribution in [3.63, 3.8) is 0 Å². The van der Waals surface area contributed by atoms with Gasteiger partial charge < -0.3 is 0 Å². The normalized spacial score (nSPS) is 12.0. The van der Waals surface area contributed by atoms with Gasteiger partial charge in [-0.1, -0.05) is 6.07 Å². The summed E-state index contributed by atoms with van der Waals surface area (Å²) < 4.78 is 12.0. The van der Waals surface area contributed by atoms with Gasteiger partial charge in [0.15, 0.2) is 5.78 Å². The van der Waals surface area contributed by atoms with Gasteiger partial charge in [-0.25, -0.2) is 0 Å². The molecular weight excluding hydrogens is 286 g/mol. The van der Waals surface area contributed by atoms with Gasteiger partial charge in [-0.2, -0.15) is 0 Å². The molecule has 0 saturated carbocycles. The van der Waals surface area contributed by atoms with Crippen LogP contribution in [0.3, 0.4) is 0 Å². The fraction of sp³-hybridized carbons (Fsp3) is 0.0833. The third-order valence-corrected chi connectivity index (χ3v) is 4.60. The number of carbonyl (C=O) groups excluding carboxylic acids is 1. The van der Waals surface area contributed by atoms with Crippen LogP contribution < -0.4 is 0 Å². The van der Waals surface area contributed by atoms with Crippen molar-refractivity contribution in [3.8, 4) is 0 Å². The lowest BCUT2D eigenvalue weighted by Gasteiger charge is -2.00. The van der Waals surface area contributed by atoms with Crippen LogP contribution in [0.2, 0.25) is 0 Å². The molecule has 1 heterocycles. The summed E-state index contributed by atoms with van der Waals surface area (Å²) in [5.74, 6) is -0.301. The minimum atomic E-state index is -1.49. The Bertz CT molecular complexity index is 620. The zero-order chi connectivity index (χ0) is 13.8. The maximum Gasteiger partial charge on any atom is 0.269 e. The first-order valence-corrected chi connectivity index (χ1v) is 7.47. The number of ketones is 1. The highest BCUT2D eigenvalue weighted by atomic mass is 32.2. The smallest absolute Gasteiger partial charge is 0.269 e. The highest BCUT2D eigenvalue weighted by Crippen LogP contribution is 2.16. The van der Waals surface area contributed by atoms with Crippen LogP contribution in [0.15, 0.2) is 46.7 Å². The molecular formula is C12H9NO4S2. The average Bonchev–Trinajstić information content (AvgIpc) is 2.92. The van der Waals surface area contributed by atoms with E-state index < -0.39 is 15.7 Å². The zero-order valence-corrected chi connectivity index (χ0v) is 11.3. The van der Waals surface area contributed by atoms with Crippen LogP contribution in [0, 0.1) is 10.1 Å². The van der Waals surface area contributed by atoms with Crippen LogP contribution in [0.5, 0.6) is 0 Å². The number of rotatable bonds is 5. The van der Waals surface area contributed by atoms with Crippen molar-refractivity contribution >= 4 is 33.6 Å². The standard InChI is InChI=1S/C12H9NO4S2/c14-11(12-2-1-7-18-12)8-19(17)10-5-3-9(4-6-10)13(15)16/h1-7H,8H2. The van der Waals surface area contributed by atoms with Gasteiger partial charge in [-0.15, -0.1) is 11.3 Å². The molecule has 1 unspecified atom stereocenters. The first-order valence-electron chi connectivity index (χ1n) is 5.27. The Hall–Kier alpha value is -1.86. The van der Waals surface area contributed by atoms with E-state index >= 15 is 0 Å². The molecule has 98 valence electrons. The molecule has 0 aliphatic rings. The van der Waals surface area contributed by atoms with Crippen LogP contribution in [0.25, 0.3) is 0 Å². The predicted octanol–water partition coefficient (Wildman–Crippen LogP) is 2.65. The molecule has 0 N–H and O–H groups in total. The number of Topliss-reactive ketones (excluding diaryl/α,β-unsaturated/α-hetero) is 1. The van der Waals surface area contributed by atoms with Gasteiger partial charge in [0, 0.05) is 17.0 Å². The molecule has 0 radical (unpaired) electrons. The quantitative estimate of drug-likeness (QED) is 0.482. The number of carbonyl (C=O) groups is 1. The van der Waals surface area contributed by atoms with Gasteiger partial charge in [0.05, 0.1) is 26.4 Å². The van der Waals surface area contributed by atoms with Crippen molar-refractivity contribution < 1.29 is 13.9 Å². The molecule has 19 heavy (non-hydrogen) atoms. The second-order valence-electron chi connectivity index (χ2n) is 3.64. The molecule has 0 aliphatic heterocycles. The van der Waals surface area contributed by atoms with Gasteiger partial charge >= 0.3 is 0 Å². The van der Waals surface area contributed by atoms with E-state index in [1.54, 1.807) is 17.5 Å². The summed E-state index contributed by atoms with van der Waals surface area (Å²) in [4.78, 5) is 22.7. The molecule has 7 heteroatoms. The molecule has 5 nitrogen and oxygen atoms in total. The molecule has 0 bridgehead atoms. The number of thiophene rings is 1. The van der Waals surface area contributed by atoms with E-state index in [1.807, 2.05) is 0 Å². The maximum absolute atomic E-state index is 12.0. The lowest BCUT2D eigenvalue weighted by molar-refractivity contribution is -0.384. The third-order valence-electron chi connectivity index (χ3n) is 2.37. The molecule has 1 aromatic carbocycles. The summed E-state index contributed by atoms with van der Waals surface area (Å²) in [6, 6.07) is 8.82. The molecule has 2 aromatic rings. The Labute approximate surface area is 115 Å². The summed E-state index contributed by atoms with van der Waals surface area (Å²) >= 11 is 1.30. The SMILES string of the molecule is O=C(CS(=O)c1ccc([N+](=O)[O-])cc1)c1cccs1. The minimum absolute atomic E-state index is 0.0645. The van der Waals surface area contributed by atoms with Crippen LogP contribution >= 0.6 is 11.3 Å². The van der Waals surface area contributed by atoms with Gasteiger partial charge in [0.25, 0.3) is 5.69 Å². The Morgan fingerprint density at radius 3 is 2.47 bits per heavy atom. The van der Waals surface area contributed by atoms with Gasteiger partial charge in [0.1, 0.15) is 0 Å². The maximum atomic E-state index is 12.0. The molecule has 0 fully saturated rings. The second kappa shape index (κ2) is 5.85. The summed E-state index contributed by atoms with van der Waals surface area (Å²) in [7, 11) is -1.49. The molecule has 2 rings (SSSR count). The Kier molecular flexibility index (Phi) is 4.18. The first kappa shape index (κ1) is 13.6. The number of nitro groups is 1. The van der Waals surface area contributed by atoms with Crippen molar-refractivity contribution in [3.05, 3.63) is 56.8 Å². The van der Waals surface area contributed by atoms with Crippen LogP contribution in [0.1, 0.15) is 9.67 Å². The second-order valence-corrected chi connectivity index (χ2v) is 6.04.